The summed E-state index contributed by atoms with van der Waals surface area (Å²) in [6.45, 7) is 5.17. The first-order valence-electron chi connectivity index (χ1n) is 7.58. The van der Waals surface area contributed by atoms with Gasteiger partial charge >= 0.3 is 6.03 Å². The van der Waals surface area contributed by atoms with Crippen LogP contribution in [0.1, 0.15) is 59.3 Å². The van der Waals surface area contributed by atoms with E-state index in [1.807, 2.05) is 6.92 Å². The molecule has 2 fully saturated rings. The second-order valence-corrected chi connectivity index (χ2v) is 6.43. The predicted molar refractivity (Wildman–Crippen MR) is 74.8 cm³/mol. The molecule has 2 rings (SSSR count). The number of imide groups is 2. The van der Waals surface area contributed by atoms with Gasteiger partial charge in [0.25, 0.3) is 0 Å². The standard InChI is InChI=1S/C15H24N2O3/c1-4-11(10-8-6-5-7-9-10)17-13(19)15(2,3)12(18)16-14(17)20/h10-11H,4-9H2,1-3H3,(H,16,18,20). The van der Waals surface area contributed by atoms with Crippen LogP contribution >= 0.6 is 0 Å². The topological polar surface area (TPSA) is 66.5 Å². The van der Waals surface area contributed by atoms with Crippen LogP contribution in [0.2, 0.25) is 0 Å². The molecule has 0 radical (unpaired) electrons. The molecule has 0 aromatic rings. The van der Waals surface area contributed by atoms with Gasteiger partial charge in [0.05, 0.1) is 0 Å². The zero-order valence-corrected chi connectivity index (χ0v) is 12.6. The molecule has 20 heavy (non-hydrogen) atoms. The Balaban J connectivity index is 2.25. The van der Waals surface area contributed by atoms with Gasteiger partial charge in [0.2, 0.25) is 11.8 Å². The number of hydrogen-bond acceptors (Lipinski definition) is 3. The molecule has 1 saturated heterocycles. The summed E-state index contributed by atoms with van der Waals surface area (Å²) >= 11 is 0. The normalized spacial score (nSPS) is 25.6. The van der Waals surface area contributed by atoms with Crippen molar-refractivity contribution in [2.75, 3.05) is 0 Å². The van der Waals surface area contributed by atoms with Crippen molar-refractivity contribution >= 4 is 17.8 Å². The Morgan fingerprint density at radius 1 is 1.20 bits per heavy atom. The highest BCUT2D eigenvalue weighted by Crippen LogP contribution is 2.34. The Hall–Kier alpha value is -1.39. The van der Waals surface area contributed by atoms with Gasteiger partial charge in [0.15, 0.2) is 0 Å². The van der Waals surface area contributed by atoms with Crippen molar-refractivity contribution in [3.63, 3.8) is 0 Å². The molecule has 4 amide bonds. The van der Waals surface area contributed by atoms with Gasteiger partial charge in [0.1, 0.15) is 5.41 Å². The van der Waals surface area contributed by atoms with E-state index in [0.29, 0.717) is 5.92 Å². The van der Waals surface area contributed by atoms with Gasteiger partial charge in [-0.25, -0.2) is 4.79 Å². The van der Waals surface area contributed by atoms with E-state index in [9.17, 15) is 14.4 Å². The number of nitrogens with zero attached hydrogens (tertiary/aromatic N) is 1. The first-order valence-corrected chi connectivity index (χ1v) is 7.58. The fourth-order valence-electron chi connectivity index (χ4n) is 3.35. The van der Waals surface area contributed by atoms with Crippen LogP contribution in [0.5, 0.6) is 0 Å². The molecule has 1 saturated carbocycles. The molecule has 1 heterocycles. The fraction of sp³-hybridized carbons (Fsp3) is 0.800. The molecule has 112 valence electrons. The smallest absolute Gasteiger partial charge is 0.277 e. The van der Waals surface area contributed by atoms with Crippen molar-refractivity contribution < 1.29 is 14.4 Å². The molecule has 0 spiro atoms. The van der Waals surface area contributed by atoms with Crippen molar-refractivity contribution in [2.45, 2.75) is 65.3 Å². The highest BCUT2D eigenvalue weighted by Gasteiger charge is 2.50. The molecule has 1 atom stereocenters. The van der Waals surface area contributed by atoms with E-state index in [4.69, 9.17) is 0 Å². The minimum Gasteiger partial charge on any atom is -0.277 e. The van der Waals surface area contributed by atoms with Gasteiger partial charge in [0, 0.05) is 6.04 Å². The lowest BCUT2D eigenvalue weighted by molar-refractivity contribution is -0.151. The maximum absolute atomic E-state index is 12.6. The predicted octanol–water partition coefficient (Wildman–Crippen LogP) is 2.45. The van der Waals surface area contributed by atoms with Crippen LogP contribution in [0.15, 0.2) is 0 Å². The van der Waals surface area contributed by atoms with Crippen LogP contribution in [-0.4, -0.2) is 28.8 Å². The Morgan fingerprint density at radius 3 is 2.35 bits per heavy atom. The van der Waals surface area contributed by atoms with E-state index in [0.717, 1.165) is 32.1 Å². The molecule has 2 aliphatic rings. The molecule has 5 nitrogen and oxygen atoms in total. The van der Waals surface area contributed by atoms with Gasteiger partial charge < -0.3 is 0 Å². The van der Waals surface area contributed by atoms with Gasteiger partial charge in [-0.05, 0) is 39.0 Å². The van der Waals surface area contributed by atoms with Crippen LogP contribution in [0, 0.1) is 11.3 Å². The zero-order valence-electron chi connectivity index (χ0n) is 12.6. The Labute approximate surface area is 120 Å². The molecule has 1 aliphatic carbocycles. The number of hydrogen-bond donors (Lipinski definition) is 1. The van der Waals surface area contributed by atoms with E-state index < -0.39 is 17.4 Å². The summed E-state index contributed by atoms with van der Waals surface area (Å²) in [5.74, 6) is -0.488. The van der Waals surface area contributed by atoms with Crippen molar-refractivity contribution in [3.8, 4) is 0 Å². The van der Waals surface area contributed by atoms with E-state index in [1.165, 1.54) is 11.3 Å². The van der Waals surface area contributed by atoms with Crippen molar-refractivity contribution in [1.82, 2.24) is 10.2 Å². The minimum atomic E-state index is -1.16. The second kappa shape index (κ2) is 5.54. The average molecular weight is 280 g/mol. The molecule has 1 unspecified atom stereocenters. The molecule has 5 heteroatoms. The lowest BCUT2D eigenvalue weighted by Crippen LogP contribution is -2.65. The lowest BCUT2D eigenvalue weighted by atomic mass is 9.80. The summed E-state index contributed by atoms with van der Waals surface area (Å²) in [4.78, 5) is 37.8. The minimum absolute atomic E-state index is 0.0878. The number of urea groups is 1. The van der Waals surface area contributed by atoms with Gasteiger partial charge in [-0.15, -0.1) is 0 Å². The third-order valence-electron chi connectivity index (χ3n) is 4.70. The van der Waals surface area contributed by atoms with Gasteiger partial charge in [-0.1, -0.05) is 26.2 Å². The van der Waals surface area contributed by atoms with Gasteiger partial charge in [-0.2, -0.15) is 0 Å². The quantitative estimate of drug-likeness (QED) is 0.807. The first kappa shape index (κ1) is 15.0. The SMILES string of the molecule is CCC(C1CCCCC1)N1C(=O)NC(=O)C(C)(C)C1=O. The molecule has 1 N–H and O–H groups in total. The summed E-state index contributed by atoms with van der Waals surface area (Å²) in [5.41, 5.74) is -1.16. The van der Waals surface area contributed by atoms with Crippen LogP contribution in [-0.2, 0) is 9.59 Å². The second-order valence-electron chi connectivity index (χ2n) is 6.43. The molecule has 0 aromatic carbocycles. The number of carbonyl (C=O) groups excluding carboxylic acids is 3. The molecular weight excluding hydrogens is 256 g/mol. The highest BCUT2D eigenvalue weighted by atomic mass is 16.2. The van der Waals surface area contributed by atoms with Crippen molar-refractivity contribution in [2.24, 2.45) is 11.3 Å². The molecule has 0 aromatic heterocycles. The van der Waals surface area contributed by atoms with Crippen LogP contribution in [0.4, 0.5) is 4.79 Å². The Bertz CT molecular complexity index is 425. The maximum Gasteiger partial charge on any atom is 0.331 e. The summed E-state index contributed by atoms with van der Waals surface area (Å²) in [6, 6.07) is -0.632. The number of rotatable bonds is 3. The maximum atomic E-state index is 12.6. The van der Waals surface area contributed by atoms with Crippen LogP contribution in [0.25, 0.3) is 0 Å². The fourth-order valence-corrected chi connectivity index (χ4v) is 3.35. The van der Waals surface area contributed by atoms with E-state index >= 15 is 0 Å². The van der Waals surface area contributed by atoms with Crippen LogP contribution in [0.3, 0.4) is 0 Å². The third kappa shape index (κ3) is 2.45. The summed E-state index contributed by atoms with van der Waals surface area (Å²) in [6.07, 6.45) is 6.42. The monoisotopic (exact) mass is 280 g/mol. The van der Waals surface area contributed by atoms with Gasteiger partial charge in [-0.3, -0.25) is 19.8 Å². The number of carbonyl (C=O) groups is 3. The lowest BCUT2D eigenvalue weighted by Gasteiger charge is -2.42. The summed E-state index contributed by atoms with van der Waals surface area (Å²) < 4.78 is 0. The largest absolute Gasteiger partial charge is 0.331 e. The summed E-state index contributed by atoms with van der Waals surface area (Å²) in [7, 11) is 0. The Morgan fingerprint density at radius 2 is 1.80 bits per heavy atom. The highest BCUT2D eigenvalue weighted by molar-refractivity contribution is 6.18. The molecule has 0 bridgehead atoms. The van der Waals surface area contributed by atoms with Crippen molar-refractivity contribution in [1.29, 1.82) is 0 Å². The van der Waals surface area contributed by atoms with Crippen molar-refractivity contribution in [3.05, 3.63) is 0 Å². The number of amides is 4. The molecule has 1 aliphatic heterocycles. The molecular formula is C15H24N2O3. The van der Waals surface area contributed by atoms with Crippen LogP contribution < -0.4 is 5.32 Å². The van der Waals surface area contributed by atoms with E-state index in [1.54, 1.807) is 13.8 Å². The number of nitrogens with one attached hydrogen (secondary N) is 1. The average Bonchev–Trinajstić information content (AvgIpc) is 2.43. The Kier molecular flexibility index (Phi) is 4.16. The van der Waals surface area contributed by atoms with E-state index in [-0.39, 0.29) is 11.9 Å². The number of barbiturate groups is 1. The zero-order chi connectivity index (χ0) is 14.9. The third-order valence-corrected chi connectivity index (χ3v) is 4.70. The first-order chi connectivity index (χ1) is 9.39. The van der Waals surface area contributed by atoms with E-state index in [2.05, 4.69) is 5.32 Å². The summed E-state index contributed by atoms with van der Waals surface area (Å²) in [5, 5.41) is 2.33.